The van der Waals surface area contributed by atoms with Gasteiger partial charge in [0.05, 0.1) is 5.69 Å². The Morgan fingerprint density at radius 3 is 2.67 bits per heavy atom. The van der Waals surface area contributed by atoms with E-state index in [9.17, 15) is 0 Å². The van der Waals surface area contributed by atoms with Crippen molar-refractivity contribution in [3.8, 4) is 0 Å². The van der Waals surface area contributed by atoms with E-state index in [2.05, 4.69) is 41.5 Å². The highest BCUT2D eigenvalue weighted by molar-refractivity contribution is 5.80. The van der Waals surface area contributed by atoms with E-state index in [-0.39, 0.29) is 0 Å². The van der Waals surface area contributed by atoms with Crippen LogP contribution in [0, 0.1) is 5.92 Å². The molecule has 1 aliphatic carbocycles. The van der Waals surface area contributed by atoms with Crippen LogP contribution in [-0.2, 0) is 26.4 Å². The van der Waals surface area contributed by atoms with Gasteiger partial charge in [-0.25, -0.2) is 0 Å². The van der Waals surface area contributed by atoms with Crippen LogP contribution in [0.5, 0.6) is 0 Å². The van der Waals surface area contributed by atoms with Crippen molar-refractivity contribution in [2.75, 3.05) is 7.05 Å². The van der Waals surface area contributed by atoms with Crippen LogP contribution < -0.4 is 10.6 Å². The van der Waals surface area contributed by atoms with Crippen molar-refractivity contribution in [3.63, 3.8) is 0 Å². The fourth-order valence-electron chi connectivity index (χ4n) is 3.95. The van der Waals surface area contributed by atoms with Crippen molar-refractivity contribution in [2.24, 2.45) is 18.0 Å². The van der Waals surface area contributed by atoms with E-state index in [1.165, 1.54) is 49.1 Å². The van der Waals surface area contributed by atoms with Crippen LogP contribution in [0.15, 0.2) is 4.99 Å². The first-order valence-electron chi connectivity index (χ1n) is 9.63. The van der Waals surface area contributed by atoms with Crippen LogP contribution in [0.3, 0.4) is 0 Å². The molecule has 0 radical (unpaired) electrons. The van der Waals surface area contributed by atoms with Crippen molar-refractivity contribution in [1.29, 1.82) is 0 Å². The molecule has 0 saturated heterocycles. The normalized spacial score (nSPS) is 21.8. The molecule has 1 aromatic rings. The van der Waals surface area contributed by atoms with Gasteiger partial charge in [0.2, 0.25) is 0 Å². The van der Waals surface area contributed by atoms with Gasteiger partial charge in [-0.05, 0) is 31.6 Å². The highest BCUT2D eigenvalue weighted by atomic mass is 15.3. The van der Waals surface area contributed by atoms with E-state index in [0.29, 0.717) is 6.04 Å². The Balaban J connectivity index is 1.97. The molecule has 0 bridgehead atoms. The Labute approximate surface area is 147 Å². The van der Waals surface area contributed by atoms with Gasteiger partial charge < -0.3 is 10.6 Å². The summed E-state index contributed by atoms with van der Waals surface area (Å²) in [6, 6.07) is 0.556. The average Bonchev–Trinajstić information content (AvgIpc) is 2.93. The Kier molecular flexibility index (Phi) is 7.13. The third-order valence-corrected chi connectivity index (χ3v) is 5.39. The minimum atomic E-state index is 0.556. The van der Waals surface area contributed by atoms with E-state index in [4.69, 9.17) is 0 Å². The second kappa shape index (κ2) is 9.09. The molecule has 5 heteroatoms. The Morgan fingerprint density at radius 2 is 2.04 bits per heavy atom. The minimum absolute atomic E-state index is 0.556. The molecule has 2 N–H and O–H groups in total. The lowest BCUT2D eigenvalue weighted by Gasteiger charge is -2.30. The van der Waals surface area contributed by atoms with Crippen molar-refractivity contribution in [2.45, 2.75) is 78.3 Å². The molecule has 1 saturated carbocycles. The fraction of sp³-hybridized carbons (Fsp3) is 0.789. The van der Waals surface area contributed by atoms with E-state index >= 15 is 0 Å². The van der Waals surface area contributed by atoms with Crippen LogP contribution in [0.2, 0.25) is 0 Å². The lowest BCUT2D eigenvalue weighted by Crippen LogP contribution is -2.45. The molecular formula is C19H35N5. The molecule has 136 valence electrons. The van der Waals surface area contributed by atoms with Gasteiger partial charge in [-0.15, -0.1) is 0 Å². The minimum Gasteiger partial charge on any atom is -0.354 e. The molecule has 2 atom stereocenters. The molecule has 5 nitrogen and oxygen atoms in total. The monoisotopic (exact) mass is 333 g/mol. The maximum absolute atomic E-state index is 4.66. The van der Waals surface area contributed by atoms with Crippen molar-refractivity contribution < 1.29 is 0 Å². The molecule has 1 aliphatic rings. The van der Waals surface area contributed by atoms with Crippen LogP contribution in [-0.4, -0.2) is 28.8 Å². The maximum Gasteiger partial charge on any atom is 0.191 e. The maximum atomic E-state index is 4.66. The molecule has 0 aliphatic heterocycles. The first-order valence-corrected chi connectivity index (χ1v) is 9.63. The topological polar surface area (TPSA) is 54.2 Å². The van der Waals surface area contributed by atoms with Crippen LogP contribution in [0.4, 0.5) is 0 Å². The third-order valence-electron chi connectivity index (χ3n) is 5.39. The Hall–Kier alpha value is -1.52. The number of hydrogen-bond donors (Lipinski definition) is 2. The van der Waals surface area contributed by atoms with Gasteiger partial charge in [-0.3, -0.25) is 9.67 Å². The molecule has 1 aromatic heterocycles. The predicted octanol–water partition coefficient (Wildman–Crippen LogP) is 3.18. The highest BCUT2D eigenvalue weighted by Crippen LogP contribution is 2.26. The number of hydrogen-bond acceptors (Lipinski definition) is 2. The van der Waals surface area contributed by atoms with E-state index < -0.39 is 0 Å². The van der Waals surface area contributed by atoms with Crippen LogP contribution in [0.25, 0.3) is 0 Å². The van der Waals surface area contributed by atoms with Gasteiger partial charge in [-0.2, -0.15) is 5.10 Å². The quantitative estimate of drug-likeness (QED) is 0.621. The van der Waals surface area contributed by atoms with Crippen molar-refractivity contribution >= 4 is 5.96 Å². The van der Waals surface area contributed by atoms with Crippen LogP contribution >= 0.6 is 0 Å². The van der Waals surface area contributed by atoms with Crippen molar-refractivity contribution in [1.82, 2.24) is 20.4 Å². The molecule has 2 rings (SSSR count). The van der Waals surface area contributed by atoms with Crippen molar-refractivity contribution in [3.05, 3.63) is 17.0 Å². The summed E-state index contributed by atoms with van der Waals surface area (Å²) in [5, 5.41) is 11.8. The molecule has 24 heavy (non-hydrogen) atoms. The van der Waals surface area contributed by atoms with Gasteiger partial charge in [0.25, 0.3) is 0 Å². The third kappa shape index (κ3) is 4.52. The second-order valence-corrected chi connectivity index (χ2v) is 6.91. The first-order chi connectivity index (χ1) is 11.6. The van der Waals surface area contributed by atoms with Crippen LogP contribution in [0.1, 0.15) is 69.8 Å². The summed E-state index contributed by atoms with van der Waals surface area (Å²) >= 11 is 0. The molecular weight excluding hydrogens is 298 g/mol. The summed E-state index contributed by atoms with van der Waals surface area (Å²) in [7, 11) is 3.90. The predicted molar refractivity (Wildman–Crippen MR) is 101 cm³/mol. The van der Waals surface area contributed by atoms with Gasteiger partial charge in [0.15, 0.2) is 5.96 Å². The lowest BCUT2D eigenvalue weighted by atomic mass is 9.84. The average molecular weight is 334 g/mol. The number of aliphatic imine (C=N–C) groups is 1. The van der Waals surface area contributed by atoms with E-state index in [0.717, 1.165) is 31.3 Å². The molecule has 1 heterocycles. The highest BCUT2D eigenvalue weighted by Gasteiger charge is 2.21. The second-order valence-electron chi connectivity index (χ2n) is 6.91. The smallest absolute Gasteiger partial charge is 0.191 e. The van der Waals surface area contributed by atoms with E-state index in [1.807, 2.05) is 18.8 Å². The number of nitrogens with zero attached hydrogens (tertiary/aromatic N) is 3. The molecule has 2 unspecified atom stereocenters. The Bertz CT molecular complexity index is 546. The van der Waals surface area contributed by atoms with Gasteiger partial charge in [0.1, 0.15) is 0 Å². The largest absolute Gasteiger partial charge is 0.354 e. The zero-order valence-corrected chi connectivity index (χ0v) is 16.2. The van der Waals surface area contributed by atoms with Gasteiger partial charge in [0, 0.05) is 37.9 Å². The number of rotatable bonds is 6. The summed E-state index contributed by atoms with van der Waals surface area (Å²) in [6.45, 7) is 7.47. The van der Waals surface area contributed by atoms with Gasteiger partial charge in [-0.1, -0.05) is 40.0 Å². The summed E-state index contributed by atoms with van der Waals surface area (Å²) in [5.74, 6) is 1.79. The summed E-state index contributed by atoms with van der Waals surface area (Å²) in [5.41, 5.74) is 3.85. The lowest BCUT2D eigenvalue weighted by molar-refractivity contribution is 0.298. The summed E-state index contributed by atoms with van der Waals surface area (Å²) in [4.78, 5) is 4.43. The summed E-state index contributed by atoms with van der Waals surface area (Å²) in [6.07, 6.45) is 8.51. The zero-order chi connectivity index (χ0) is 17.5. The number of aromatic nitrogens is 2. The zero-order valence-electron chi connectivity index (χ0n) is 16.2. The molecule has 0 aromatic carbocycles. The Morgan fingerprint density at radius 1 is 1.25 bits per heavy atom. The number of guanidine groups is 1. The SMILES string of the molecule is CCc1nn(C)c(CC)c1CNC(=NC)NC1CCCC(CC)C1. The summed E-state index contributed by atoms with van der Waals surface area (Å²) < 4.78 is 2.03. The molecule has 0 amide bonds. The molecule has 0 spiro atoms. The number of aryl methyl sites for hydroxylation is 2. The molecule has 1 fully saturated rings. The standard InChI is InChI=1S/C19H35N5/c1-6-14-10-9-11-15(12-14)22-19(20-4)21-13-16-17(7-2)23-24(5)18(16)8-3/h14-15H,6-13H2,1-5H3,(H2,20,21,22). The van der Waals surface area contributed by atoms with Gasteiger partial charge >= 0.3 is 0 Å². The number of nitrogens with one attached hydrogen (secondary N) is 2. The fourth-order valence-corrected chi connectivity index (χ4v) is 3.95. The van der Waals surface area contributed by atoms with E-state index in [1.54, 1.807) is 0 Å². The first kappa shape index (κ1) is 18.8.